The van der Waals surface area contributed by atoms with Gasteiger partial charge in [-0.1, -0.05) is 6.92 Å². The topological polar surface area (TPSA) is 26.3 Å². The van der Waals surface area contributed by atoms with Crippen molar-refractivity contribution in [3.63, 3.8) is 0 Å². The highest BCUT2D eigenvalue weighted by atomic mass is 16.5. The van der Waals surface area contributed by atoms with Crippen LogP contribution >= 0.6 is 0 Å². The number of esters is 1. The molecule has 0 saturated heterocycles. The van der Waals surface area contributed by atoms with E-state index in [0.717, 1.165) is 6.42 Å². The Balaban J connectivity index is 2.35. The van der Waals surface area contributed by atoms with E-state index in [1.165, 1.54) is 13.5 Å². The highest BCUT2D eigenvalue weighted by molar-refractivity contribution is 5.73. The second kappa shape index (κ2) is 2.38. The summed E-state index contributed by atoms with van der Waals surface area (Å²) in [5.41, 5.74) is 0. The van der Waals surface area contributed by atoms with Gasteiger partial charge in [0.1, 0.15) is 0 Å². The molecule has 2 atom stereocenters. The standard InChI is InChI=1S/C7H12O2/c1-5-3-4-6(5)7(8)9-2/h5-6H,3-4H2,1-2H3/t5-,6+/m1/s1. The van der Waals surface area contributed by atoms with E-state index in [4.69, 9.17) is 0 Å². The molecule has 1 saturated carbocycles. The normalized spacial score (nSPS) is 33.1. The summed E-state index contributed by atoms with van der Waals surface area (Å²) in [7, 11) is 1.45. The fourth-order valence-corrected chi connectivity index (χ4v) is 1.17. The van der Waals surface area contributed by atoms with Gasteiger partial charge in [0.2, 0.25) is 0 Å². The monoisotopic (exact) mass is 128 g/mol. The van der Waals surface area contributed by atoms with Crippen LogP contribution in [0.25, 0.3) is 0 Å². The predicted molar refractivity (Wildman–Crippen MR) is 33.9 cm³/mol. The zero-order chi connectivity index (χ0) is 6.85. The third kappa shape index (κ3) is 1.07. The summed E-state index contributed by atoms with van der Waals surface area (Å²) in [6.07, 6.45) is 2.20. The van der Waals surface area contributed by atoms with E-state index in [2.05, 4.69) is 11.7 Å². The summed E-state index contributed by atoms with van der Waals surface area (Å²) >= 11 is 0. The Morgan fingerprint density at radius 2 is 2.22 bits per heavy atom. The molecule has 0 bridgehead atoms. The van der Waals surface area contributed by atoms with Crippen LogP contribution in [0.1, 0.15) is 19.8 Å². The number of carbonyl (C=O) groups is 1. The van der Waals surface area contributed by atoms with E-state index < -0.39 is 0 Å². The van der Waals surface area contributed by atoms with Gasteiger partial charge in [-0.15, -0.1) is 0 Å². The maximum atomic E-state index is 10.8. The van der Waals surface area contributed by atoms with Gasteiger partial charge in [0.25, 0.3) is 0 Å². The van der Waals surface area contributed by atoms with Crippen molar-refractivity contribution in [3.05, 3.63) is 0 Å². The maximum Gasteiger partial charge on any atom is 0.308 e. The van der Waals surface area contributed by atoms with Gasteiger partial charge in [0, 0.05) is 0 Å². The number of hydrogen-bond acceptors (Lipinski definition) is 2. The quantitative estimate of drug-likeness (QED) is 0.496. The number of ether oxygens (including phenoxy) is 1. The molecule has 9 heavy (non-hydrogen) atoms. The fraction of sp³-hybridized carbons (Fsp3) is 0.857. The Morgan fingerprint density at radius 1 is 1.56 bits per heavy atom. The highest BCUT2D eigenvalue weighted by Crippen LogP contribution is 2.34. The van der Waals surface area contributed by atoms with Gasteiger partial charge in [0.15, 0.2) is 0 Å². The minimum absolute atomic E-state index is 0.0336. The van der Waals surface area contributed by atoms with E-state index in [1.807, 2.05) is 0 Å². The van der Waals surface area contributed by atoms with Crippen molar-refractivity contribution < 1.29 is 9.53 Å². The van der Waals surface area contributed by atoms with Crippen LogP contribution in [0, 0.1) is 11.8 Å². The van der Waals surface area contributed by atoms with E-state index in [0.29, 0.717) is 5.92 Å². The second-order valence-corrected chi connectivity index (χ2v) is 2.68. The molecular formula is C7H12O2. The van der Waals surface area contributed by atoms with Crippen LogP contribution in [0.5, 0.6) is 0 Å². The molecule has 2 nitrogen and oxygen atoms in total. The second-order valence-electron chi connectivity index (χ2n) is 2.68. The van der Waals surface area contributed by atoms with Crippen LogP contribution in [-0.4, -0.2) is 13.1 Å². The predicted octanol–water partition coefficient (Wildman–Crippen LogP) is 1.21. The zero-order valence-corrected chi connectivity index (χ0v) is 5.89. The van der Waals surface area contributed by atoms with Crippen molar-refractivity contribution in [2.24, 2.45) is 11.8 Å². The third-order valence-electron chi connectivity index (χ3n) is 2.12. The molecule has 0 N–H and O–H groups in total. The van der Waals surface area contributed by atoms with Crippen molar-refractivity contribution in [1.29, 1.82) is 0 Å². The maximum absolute atomic E-state index is 10.8. The Hall–Kier alpha value is -0.530. The first-order valence-electron chi connectivity index (χ1n) is 3.33. The van der Waals surface area contributed by atoms with Crippen molar-refractivity contribution in [3.8, 4) is 0 Å². The highest BCUT2D eigenvalue weighted by Gasteiger charge is 2.33. The van der Waals surface area contributed by atoms with Crippen LogP contribution in [0.3, 0.4) is 0 Å². The lowest BCUT2D eigenvalue weighted by atomic mass is 9.75. The van der Waals surface area contributed by atoms with Crippen molar-refractivity contribution in [2.45, 2.75) is 19.8 Å². The van der Waals surface area contributed by atoms with E-state index >= 15 is 0 Å². The SMILES string of the molecule is COC(=O)[C@H]1CC[C@H]1C. The van der Waals surface area contributed by atoms with Crippen LogP contribution in [0.2, 0.25) is 0 Å². The smallest absolute Gasteiger partial charge is 0.308 e. The molecule has 1 fully saturated rings. The molecule has 0 spiro atoms. The van der Waals surface area contributed by atoms with Crippen molar-refractivity contribution in [1.82, 2.24) is 0 Å². The molecule has 1 aliphatic carbocycles. The lowest BCUT2D eigenvalue weighted by molar-refractivity contribution is -0.151. The molecule has 1 rings (SSSR count). The Kier molecular flexibility index (Phi) is 1.74. The molecule has 0 aromatic heterocycles. The van der Waals surface area contributed by atoms with Crippen molar-refractivity contribution >= 4 is 5.97 Å². The fourth-order valence-electron chi connectivity index (χ4n) is 1.17. The minimum atomic E-state index is -0.0336. The number of rotatable bonds is 1. The van der Waals surface area contributed by atoms with Crippen LogP contribution in [0.4, 0.5) is 0 Å². The molecule has 0 amide bonds. The summed E-state index contributed by atoms with van der Waals surface area (Å²) in [6, 6.07) is 0. The zero-order valence-electron chi connectivity index (χ0n) is 5.89. The summed E-state index contributed by atoms with van der Waals surface area (Å²) in [5, 5.41) is 0. The van der Waals surface area contributed by atoms with Gasteiger partial charge in [0.05, 0.1) is 13.0 Å². The van der Waals surface area contributed by atoms with Gasteiger partial charge in [-0.3, -0.25) is 4.79 Å². The summed E-state index contributed by atoms with van der Waals surface area (Å²) < 4.78 is 4.59. The Bertz CT molecular complexity index is 120. The molecule has 2 heteroatoms. The first-order valence-corrected chi connectivity index (χ1v) is 3.33. The first-order chi connectivity index (χ1) is 4.25. The molecule has 0 aromatic rings. The van der Waals surface area contributed by atoms with Crippen molar-refractivity contribution in [2.75, 3.05) is 7.11 Å². The number of hydrogen-bond donors (Lipinski definition) is 0. The van der Waals surface area contributed by atoms with E-state index in [1.54, 1.807) is 0 Å². The average molecular weight is 128 g/mol. The van der Waals surface area contributed by atoms with Gasteiger partial charge in [-0.25, -0.2) is 0 Å². The summed E-state index contributed by atoms with van der Waals surface area (Å²) in [6.45, 7) is 2.09. The van der Waals surface area contributed by atoms with Crippen LogP contribution in [0.15, 0.2) is 0 Å². The molecule has 1 aliphatic rings. The lowest BCUT2D eigenvalue weighted by Gasteiger charge is -2.30. The van der Waals surface area contributed by atoms with Crippen LogP contribution in [-0.2, 0) is 9.53 Å². The molecule has 52 valence electrons. The molecular weight excluding hydrogens is 116 g/mol. The number of methoxy groups -OCH3 is 1. The Morgan fingerprint density at radius 3 is 2.33 bits per heavy atom. The summed E-state index contributed by atoms with van der Waals surface area (Å²) in [4.78, 5) is 10.8. The minimum Gasteiger partial charge on any atom is -0.469 e. The molecule has 0 aromatic carbocycles. The van der Waals surface area contributed by atoms with Gasteiger partial charge >= 0.3 is 5.97 Å². The van der Waals surface area contributed by atoms with E-state index in [-0.39, 0.29) is 11.9 Å². The largest absolute Gasteiger partial charge is 0.469 e. The molecule has 0 heterocycles. The molecule has 0 radical (unpaired) electrons. The molecule has 0 unspecified atom stereocenters. The first kappa shape index (κ1) is 6.59. The van der Waals surface area contributed by atoms with Gasteiger partial charge in [-0.2, -0.15) is 0 Å². The Labute approximate surface area is 55.2 Å². The third-order valence-corrected chi connectivity index (χ3v) is 2.12. The van der Waals surface area contributed by atoms with E-state index in [9.17, 15) is 4.79 Å². The average Bonchev–Trinajstić information content (AvgIpc) is 1.84. The van der Waals surface area contributed by atoms with Gasteiger partial charge in [-0.05, 0) is 18.8 Å². The molecule has 0 aliphatic heterocycles. The van der Waals surface area contributed by atoms with Crippen LogP contribution < -0.4 is 0 Å². The lowest BCUT2D eigenvalue weighted by Crippen LogP contribution is -2.31. The summed E-state index contributed by atoms with van der Waals surface area (Å²) in [5.74, 6) is 0.723. The number of carbonyl (C=O) groups excluding carboxylic acids is 1. The van der Waals surface area contributed by atoms with Gasteiger partial charge < -0.3 is 4.74 Å².